The molecule has 0 saturated heterocycles. The first-order valence-electron chi connectivity index (χ1n) is 9.27. The van der Waals surface area contributed by atoms with E-state index in [0.29, 0.717) is 28.0 Å². The second kappa shape index (κ2) is 7.79. The number of non-ortho nitro benzene ring substituents is 1. The van der Waals surface area contributed by atoms with Crippen LogP contribution >= 0.6 is 0 Å². The number of esters is 1. The second-order valence-corrected chi connectivity index (χ2v) is 6.78. The highest BCUT2D eigenvalue weighted by Gasteiger charge is 2.19. The zero-order chi connectivity index (χ0) is 22.1. The van der Waals surface area contributed by atoms with Gasteiger partial charge in [-0.3, -0.25) is 19.7 Å². The van der Waals surface area contributed by atoms with Gasteiger partial charge in [0, 0.05) is 36.2 Å². The molecule has 9 heteroatoms. The Balaban J connectivity index is 1.75. The van der Waals surface area contributed by atoms with Crippen LogP contribution < -0.4 is 4.74 Å². The van der Waals surface area contributed by atoms with Crippen molar-refractivity contribution in [3.8, 4) is 11.4 Å². The van der Waals surface area contributed by atoms with E-state index in [1.807, 2.05) is 0 Å². The van der Waals surface area contributed by atoms with Gasteiger partial charge in [-0.1, -0.05) is 12.1 Å². The minimum Gasteiger partial charge on any atom is -0.426 e. The van der Waals surface area contributed by atoms with Gasteiger partial charge in [-0.2, -0.15) is 5.10 Å². The van der Waals surface area contributed by atoms with Gasteiger partial charge in [0.15, 0.2) is 11.4 Å². The van der Waals surface area contributed by atoms with Gasteiger partial charge in [-0.05, 0) is 37.3 Å². The third-order valence-electron chi connectivity index (χ3n) is 4.66. The van der Waals surface area contributed by atoms with Crippen LogP contribution in [-0.4, -0.2) is 31.4 Å². The number of rotatable bonds is 5. The molecule has 0 N–H and O–H groups in total. The number of nitro groups is 1. The lowest BCUT2D eigenvalue weighted by Crippen LogP contribution is -2.09. The van der Waals surface area contributed by atoms with Gasteiger partial charge in [-0.25, -0.2) is 9.67 Å². The first-order chi connectivity index (χ1) is 14.8. The summed E-state index contributed by atoms with van der Waals surface area (Å²) in [6.45, 7) is 3.05. The van der Waals surface area contributed by atoms with E-state index in [0.717, 1.165) is 0 Å². The summed E-state index contributed by atoms with van der Waals surface area (Å²) in [5.74, 6) is -0.679. The fraction of sp³-hybridized carbons (Fsp3) is 0.0909. The maximum absolute atomic E-state index is 13.1. The Hall–Kier alpha value is -4.40. The molecule has 0 aliphatic carbocycles. The van der Waals surface area contributed by atoms with E-state index in [-0.39, 0.29) is 22.8 Å². The zero-order valence-electron chi connectivity index (χ0n) is 16.6. The minimum absolute atomic E-state index is 0.0239. The van der Waals surface area contributed by atoms with Crippen LogP contribution in [0.2, 0.25) is 0 Å². The van der Waals surface area contributed by atoms with Crippen molar-refractivity contribution in [3.05, 3.63) is 87.7 Å². The largest absolute Gasteiger partial charge is 0.426 e. The summed E-state index contributed by atoms with van der Waals surface area (Å²) in [4.78, 5) is 39.2. The Morgan fingerprint density at radius 3 is 2.48 bits per heavy atom. The number of aromatic nitrogens is 3. The molecule has 4 aromatic rings. The lowest BCUT2D eigenvalue weighted by molar-refractivity contribution is -0.384. The first kappa shape index (κ1) is 19.9. The highest BCUT2D eigenvalue weighted by molar-refractivity contribution is 6.12. The first-order valence-corrected chi connectivity index (χ1v) is 9.27. The van der Waals surface area contributed by atoms with Gasteiger partial charge in [0.25, 0.3) is 5.69 Å². The zero-order valence-corrected chi connectivity index (χ0v) is 16.6. The number of nitro benzene ring substituents is 1. The maximum Gasteiger partial charge on any atom is 0.308 e. The summed E-state index contributed by atoms with van der Waals surface area (Å²) in [7, 11) is 0. The van der Waals surface area contributed by atoms with Crippen LogP contribution in [0.4, 0.5) is 5.69 Å². The Kier molecular flexibility index (Phi) is 5.00. The Labute approximate surface area is 176 Å². The Morgan fingerprint density at radius 2 is 1.81 bits per heavy atom. The van der Waals surface area contributed by atoms with Gasteiger partial charge in [0.1, 0.15) is 5.75 Å². The summed E-state index contributed by atoms with van der Waals surface area (Å²) in [6.07, 6.45) is 1.43. The van der Waals surface area contributed by atoms with Crippen molar-refractivity contribution >= 4 is 28.5 Å². The molecule has 31 heavy (non-hydrogen) atoms. The fourth-order valence-electron chi connectivity index (χ4n) is 3.22. The molecule has 0 saturated carbocycles. The SMILES string of the molecule is CC(=O)Oc1ccccc1C(=O)c1cnc2c(c1)c(C)nn2-c1ccc([N+](=O)[O-])cc1. The third kappa shape index (κ3) is 3.76. The van der Waals surface area contributed by atoms with Crippen molar-refractivity contribution in [2.45, 2.75) is 13.8 Å². The number of ether oxygens (including phenoxy) is 1. The fourth-order valence-corrected chi connectivity index (χ4v) is 3.22. The van der Waals surface area contributed by atoms with E-state index in [4.69, 9.17) is 4.74 Å². The standard InChI is InChI=1S/C22H16N4O5/c1-13-19-11-15(21(28)18-5-3-4-6-20(18)31-14(2)27)12-23-22(19)25(24-13)16-7-9-17(10-8-16)26(29)30/h3-12H,1-2H3. The second-order valence-electron chi connectivity index (χ2n) is 6.78. The molecule has 2 heterocycles. The molecule has 0 bridgehead atoms. The van der Waals surface area contributed by atoms with Gasteiger partial charge in [0.05, 0.1) is 21.9 Å². The topological polar surface area (TPSA) is 117 Å². The number of ketones is 1. The molecule has 154 valence electrons. The van der Waals surface area contributed by atoms with Crippen LogP contribution in [-0.2, 0) is 4.79 Å². The predicted octanol–water partition coefficient (Wildman–Crippen LogP) is 3.79. The predicted molar refractivity (Wildman–Crippen MR) is 111 cm³/mol. The van der Waals surface area contributed by atoms with Crippen molar-refractivity contribution in [1.82, 2.24) is 14.8 Å². The highest BCUT2D eigenvalue weighted by atomic mass is 16.6. The summed E-state index contributed by atoms with van der Waals surface area (Å²) in [6, 6.07) is 14.1. The monoisotopic (exact) mass is 416 g/mol. The smallest absolute Gasteiger partial charge is 0.308 e. The average Bonchev–Trinajstić information content (AvgIpc) is 3.09. The number of hydrogen-bond donors (Lipinski definition) is 0. The van der Waals surface area contributed by atoms with Crippen LogP contribution in [0.5, 0.6) is 5.75 Å². The Morgan fingerprint density at radius 1 is 1.10 bits per heavy atom. The molecule has 0 atom stereocenters. The summed E-state index contributed by atoms with van der Waals surface area (Å²) < 4.78 is 6.71. The summed E-state index contributed by atoms with van der Waals surface area (Å²) in [5, 5.41) is 16.0. The average molecular weight is 416 g/mol. The van der Waals surface area contributed by atoms with Crippen molar-refractivity contribution in [1.29, 1.82) is 0 Å². The normalized spacial score (nSPS) is 10.8. The van der Waals surface area contributed by atoms with Gasteiger partial charge >= 0.3 is 5.97 Å². The van der Waals surface area contributed by atoms with Crippen LogP contribution in [0, 0.1) is 17.0 Å². The third-order valence-corrected chi connectivity index (χ3v) is 4.66. The summed E-state index contributed by atoms with van der Waals surface area (Å²) >= 11 is 0. The number of nitrogens with zero attached hydrogens (tertiary/aromatic N) is 4. The number of pyridine rings is 1. The number of hydrogen-bond acceptors (Lipinski definition) is 7. The Bertz CT molecular complexity index is 1340. The maximum atomic E-state index is 13.1. The number of carbonyl (C=O) groups is 2. The van der Waals surface area contributed by atoms with Crippen molar-refractivity contribution in [3.63, 3.8) is 0 Å². The van der Waals surface area contributed by atoms with E-state index in [2.05, 4.69) is 10.1 Å². The molecule has 0 fully saturated rings. The number of fused-ring (bicyclic) bond motifs is 1. The van der Waals surface area contributed by atoms with Crippen molar-refractivity contribution in [2.24, 2.45) is 0 Å². The van der Waals surface area contributed by atoms with Crippen molar-refractivity contribution in [2.75, 3.05) is 0 Å². The molecule has 0 radical (unpaired) electrons. The number of carbonyl (C=O) groups excluding carboxylic acids is 2. The molecular formula is C22H16N4O5. The van der Waals surface area contributed by atoms with E-state index < -0.39 is 10.9 Å². The van der Waals surface area contributed by atoms with E-state index >= 15 is 0 Å². The molecule has 0 amide bonds. The molecule has 2 aromatic heterocycles. The molecule has 9 nitrogen and oxygen atoms in total. The summed E-state index contributed by atoms with van der Waals surface area (Å²) in [5.41, 5.74) is 2.30. The van der Waals surface area contributed by atoms with E-state index in [1.165, 1.54) is 25.3 Å². The van der Waals surface area contributed by atoms with Gasteiger partial charge in [0.2, 0.25) is 0 Å². The molecule has 0 aliphatic rings. The number of benzene rings is 2. The van der Waals surface area contributed by atoms with Crippen molar-refractivity contribution < 1.29 is 19.2 Å². The van der Waals surface area contributed by atoms with Gasteiger partial charge in [-0.15, -0.1) is 0 Å². The van der Waals surface area contributed by atoms with Gasteiger partial charge < -0.3 is 4.74 Å². The van der Waals surface area contributed by atoms with Crippen LogP contribution in [0.15, 0.2) is 60.8 Å². The quantitative estimate of drug-likeness (QED) is 0.160. The van der Waals surface area contributed by atoms with E-state index in [9.17, 15) is 19.7 Å². The lowest BCUT2D eigenvalue weighted by Gasteiger charge is -2.08. The van der Waals surface area contributed by atoms with Crippen LogP contribution in [0.25, 0.3) is 16.7 Å². The molecule has 0 unspecified atom stereocenters. The van der Waals surface area contributed by atoms with Crippen LogP contribution in [0.3, 0.4) is 0 Å². The minimum atomic E-state index is -0.519. The van der Waals surface area contributed by atoms with Crippen LogP contribution in [0.1, 0.15) is 28.5 Å². The molecular weight excluding hydrogens is 400 g/mol. The molecule has 4 rings (SSSR count). The molecule has 0 aliphatic heterocycles. The highest BCUT2D eigenvalue weighted by Crippen LogP contribution is 2.26. The van der Waals surface area contributed by atoms with E-state index in [1.54, 1.807) is 54.1 Å². The molecule has 0 spiro atoms. The molecule has 2 aromatic carbocycles. The number of para-hydroxylation sites is 1. The lowest BCUT2D eigenvalue weighted by atomic mass is 10.0. The number of aryl methyl sites for hydroxylation is 1.